The molecule has 0 radical (unpaired) electrons. The minimum atomic E-state index is 0.618. The predicted molar refractivity (Wildman–Crippen MR) is 62.4 cm³/mol. The summed E-state index contributed by atoms with van der Waals surface area (Å²) >= 11 is 11.7. The Labute approximate surface area is 97.4 Å². The molecule has 0 aliphatic carbocycles. The molecular formula is C10H9Cl2N3. The zero-order valence-electron chi connectivity index (χ0n) is 7.80. The summed E-state index contributed by atoms with van der Waals surface area (Å²) in [6, 6.07) is 5.34. The molecule has 0 saturated carbocycles. The number of hydrogen-bond donors (Lipinski definition) is 2. The van der Waals surface area contributed by atoms with Crippen LogP contribution in [0.25, 0.3) is 0 Å². The molecule has 0 unspecified atom stereocenters. The topological polar surface area (TPSA) is 40.7 Å². The van der Waals surface area contributed by atoms with Crippen LogP contribution >= 0.6 is 23.2 Å². The number of imidazole rings is 1. The Morgan fingerprint density at radius 2 is 1.93 bits per heavy atom. The quantitative estimate of drug-likeness (QED) is 0.866. The minimum Gasteiger partial charge on any atom is -0.379 e. The molecule has 0 amide bonds. The van der Waals surface area contributed by atoms with Crippen LogP contribution in [0.1, 0.15) is 5.69 Å². The molecule has 0 aliphatic heterocycles. The number of hydrogen-bond acceptors (Lipinski definition) is 2. The lowest BCUT2D eigenvalue weighted by atomic mass is 10.3. The third-order valence-electron chi connectivity index (χ3n) is 1.89. The van der Waals surface area contributed by atoms with Crippen LogP contribution in [0.5, 0.6) is 0 Å². The molecule has 0 fully saturated rings. The van der Waals surface area contributed by atoms with E-state index < -0.39 is 0 Å². The van der Waals surface area contributed by atoms with Crippen LogP contribution in [0.3, 0.4) is 0 Å². The zero-order chi connectivity index (χ0) is 10.7. The standard InChI is InChI=1S/C10H9Cl2N3/c11-7-1-8(12)3-9(2-7)14-5-10-4-13-6-15-10/h1-4,6,14H,5H2,(H,13,15). The number of nitrogens with zero attached hydrogens (tertiary/aromatic N) is 1. The van der Waals surface area contributed by atoms with Crippen molar-refractivity contribution in [3.05, 3.63) is 46.5 Å². The van der Waals surface area contributed by atoms with E-state index in [-0.39, 0.29) is 0 Å². The smallest absolute Gasteiger partial charge is 0.0923 e. The van der Waals surface area contributed by atoms with E-state index in [0.29, 0.717) is 16.6 Å². The highest BCUT2D eigenvalue weighted by atomic mass is 35.5. The van der Waals surface area contributed by atoms with Crippen LogP contribution in [0.15, 0.2) is 30.7 Å². The van der Waals surface area contributed by atoms with Crippen molar-refractivity contribution in [3.8, 4) is 0 Å². The first-order valence-electron chi connectivity index (χ1n) is 4.41. The average molecular weight is 242 g/mol. The van der Waals surface area contributed by atoms with E-state index in [4.69, 9.17) is 23.2 Å². The maximum absolute atomic E-state index is 5.86. The molecule has 78 valence electrons. The summed E-state index contributed by atoms with van der Waals surface area (Å²) in [5, 5.41) is 4.41. The molecule has 0 atom stereocenters. The number of nitrogens with one attached hydrogen (secondary N) is 2. The highest BCUT2D eigenvalue weighted by molar-refractivity contribution is 6.35. The molecule has 1 heterocycles. The van der Waals surface area contributed by atoms with Crippen molar-refractivity contribution in [2.24, 2.45) is 0 Å². The van der Waals surface area contributed by atoms with Gasteiger partial charge in [0.15, 0.2) is 0 Å². The van der Waals surface area contributed by atoms with Crippen LogP contribution < -0.4 is 5.32 Å². The fourth-order valence-corrected chi connectivity index (χ4v) is 1.76. The van der Waals surface area contributed by atoms with Gasteiger partial charge in [0.05, 0.1) is 18.6 Å². The number of aromatic amines is 1. The van der Waals surface area contributed by atoms with Gasteiger partial charge in [0.1, 0.15) is 0 Å². The van der Waals surface area contributed by atoms with Crippen molar-refractivity contribution >= 4 is 28.9 Å². The lowest BCUT2D eigenvalue weighted by molar-refractivity contribution is 1.07. The molecule has 5 heteroatoms. The van der Waals surface area contributed by atoms with Crippen molar-refractivity contribution in [2.75, 3.05) is 5.32 Å². The summed E-state index contributed by atoms with van der Waals surface area (Å²) < 4.78 is 0. The Balaban J connectivity index is 2.05. The van der Waals surface area contributed by atoms with E-state index in [1.54, 1.807) is 12.4 Å². The lowest BCUT2D eigenvalue weighted by Gasteiger charge is -2.05. The third kappa shape index (κ3) is 2.88. The van der Waals surface area contributed by atoms with E-state index in [9.17, 15) is 0 Å². The van der Waals surface area contributed by atoms with Gasteiger partial charge in [-0.15, -0.1) is 0 Å². The number of halogens is 2. The van der Waals surface area contributed by atoms with Crippen LogP contribution in [-0.2, 0) is 6.54 Å². The van der Waals surface area contributed by atoms with Crippen LogP contribution in [-0.4, -0.2) is 9.97 Å². The van der Waals surface area contributed by atoms with E-state index in [0.717, 1.165) is 11.4 Å². The van der Waals surface area contributed by atoms with E-state index in [2.05, 4.69) is 15.3 Å². The second-order valence-corrected chi connectivity index (χ2v) is 3.95. The first-order chi connectivity index (χ1) is 7.24. The minimum absolute atomic E-state index is 0.618. The Bertz CT molecular complexity index is 420. The maximum atomic E-state index is 5.86. The van der Waals surface area contributed by atoms with Crippen molar-refractivity contribution in [1.82, 2.24) is 9.97 Å². The summed E-state index contributed by atoms with van der Waals surface area (Å²) in [4.78, 5) is 6.98. The molecule has 0 bridgehead atoms. The van der Waals surface area contributed by atoms with Crippen LogP contribution in [0.4, 0.5) is 5.69 Å². The molecular weight excluding hydrogens is 233 g/mol. The van der Waals surface area contributed by atoms with Gasteiger partial charge in [0.2, 0.25) is 0 Å². The van der Waals surface area contributed by atoms with Gasteiger partial charge in [-0.2, -0.15) is 0 Å². The van der Waals surface area contributed by atoms with E-state index in [1.807, 2.05) is 18.3 Å². The largest absolute Gasteiger partial charge is 0.379 e. The summed E-state index contributed by atoms with van der Waals surface area (Å²) in [6.45, 7) is 0.639. The van der Waals surface area contributed by atoms with Gasteiger partial charge in [-0.05, 0) is 18.2 Å². The Hall–Kier alpha value is -1.19. The van der Waals surface area contributed by atoms with Crippen LogP contribution in [0, 0.1) is 0 Å². The van der Waals surface area contributed by atoms with Crippen molar-refractivity contribution in [1.29, 1.82) is 0 Å². The van der Waals surface area contributed by atoms with Gasteiger partial charge in [-0.3, -0.25) is 0 Å². The highest BCUT2D eigenvalue weighted by Crippen LogP contribution is 2.22. The monoisotopic (exact) mass is 241 g/mol. The van der Waals surface area contributed by atoms with Gasteiger partial charge < -0.3 is 10.3 Å². The number of anilines is 1. The molecule has 0 spiro atoms. The molecule has 0 saturated heterocycles. The van der Waals surface area contributed by atoms with Gasteiger partial charge in [-0.1, -0.05) is 23.2 Å². The molecule has 2 aromatic rings. The summed E-state index contributed by atoms with van der Waals surface area (Å²) in [6.07, 6.45) is 3.47. The SMILES string of the molecule is Clc1cc(Cl)cc(NCc2c[nH]cn2)c1. The third-order valence-corrected chi connectivity index (χ3v) is 2.33. The summed E-state index contributed by atoms with van der Waals surface area (Å²) in [7, 11) is 0. The Morgan fingerprint density at radius 1 is 1.20 bits per heavy atom. The number of benzene rings is 1. The molecule has 0 aliphatic rings. The molecule has 2 N–H and O–H groups in total. The first-order valence-corrected chi connectivity index (χ1v) is 5.17. The second-order valence-electron chi connectivity index (χ2n) is 3.07. The van der Waals surface area contributed by atoms with E-state index >= 15 is 0 Å². The first kappa shape index (κ1) is 10.3. The number of H-pyrrole nitrogens is 1. The molecule has 3 nitrogen and oxygen atoms in total. The molecule has 1 aromatic carbocycles. The predicted octanol–water partition coefficient (Wildman–Crippen LogP) is 3.33. The highest BCUT2D eigenvalue weighted by Gasteiger charge is 1.98. The Kier molecular flexibility index (Phi) is 3.14. The fourth-order valence-electron chi connectivity index (χ4n) is 1.24. The van der Waals surface area contributed by atoms with E-state index in [1.165, 1.54) is 0 Å². The van der Waals surface area contributed by atoms with Gasteiger partial charge in [0, 0.05) is 21.9 Å². The Morgan fingerprint density at radius 3 is 2.53 bits per heavy atom. The summed E-state index contributed by atoms with van der Waals surface area (Å²) in [5.41, 5.74) is 1.82. The van der Waals surface area contributed by atoms with Crippen LogP contribution in [0.2, 0.25) is 10.0 Å². The normalized spacial score (nSPS) is 10.3. The number of rotatable bonds is 3. The molecule has 1 aromatic heterocycles. The second kappa shape index (κ2) is 4.55. The van der Waals surface area contributed by atoms with Gasteiger partial charge in [-0.25, -0.2) is 4.98 Å². The summed E-state index contributed by atoms with van der Waals surface area (Å²) in [5.74, 6) is 0. The van der Waals surface area contributed by atoms with Crippen molar-refractivity contribution in [3.63, 3.8) is 0 Å². The van der Waals surface area contributed by atoms with Gasteiger partial charge in [0.25, 0.3) is 0 Å². The van der Waals surface area contributed by atoms with Crippen molar-refractivity contribution in [2.45, 2.75) is 6.54 Å². The van der Waals surface area contributed by atoms with Crippen molar-refractivity contribution < 1.29 is 0 Å². The lowest BCUT2D eigenvalue weighted by Crippen LogP contribution is -1.99. The number of aromatic nitrogens is 2. The fraction of sp³-hybridized carbons (Fsp3) is 0.100. The average Bonchev–Trinajstić information content (AvgIpc) is 2.65. The zero-order valence-corrected chi connectivity index (χ0v) is 9.31. The molecule has 15 heavy (non-hydrogen) atoms. The van der Waals surface area contributed by atoms with Gasteiger partial charge >= 0.3 is 0 Å². The molecule has 2 rings (SSSR count). The maximum Gasteiger partial charge on any atom is 0.0923 e.